The molecule has 1 heterocycles. The quantitative estimate of drug-likeness (QED) is 0.871. The van der Waals surface area contributed by atoms with Crippen molar-refractivity contribution in [3.63, 3.8) is 0 Å². The first kappa shape index (κ1) is 15.1. The third-order valence-electron chi connectivity index (χ3n) is 2.75. The molecule has 0 aliphatic heterocycles. The molecular weight excluding hydrogens is 329 g/mol. The Bertz CT molecular complexity index is 576. The van der Waals surface area contributed by atoms with Crippen molar-refractivity contribution in [1.82, 2.24) is 15.0 Å². The lowest BCUT2D eigenvalue weighted by Crippen LogP contribution is -2.26. The fourth-order valence-electron chi connectivity index (χ4n) is 1.86. The molecule has 1 N–H and O–H groups in total. The highest BCUT2D eigenvalue weighted by molar-refractivity contribution is 9.10. The van der Waals surface area contributed by atoms with Crippen LogP contribution in [0.2, 0.25) is 0 Å². The molecule has 0 bridgehead atoms. The molecule has 0 amide bonds. The van der Waals surface area contributed by atoms with Crippen molar-refractivity contribution < 1.29 is 14.0 Å². The number of hydrogen-bond acceptors (Lipinski definition) is 5. The predicted octanol–water partition coefficient (Wildman–Crippen LogP) is 2.27. The van der Waals surface area contributed by atoms with E-state index >= 15 is 0 Å². The number of aryl methyl sites for hydroxylation is 1. The van der Waals surface area contributed by atoms with E-state index in [4.69, 9.17) is 9.63 Å². The molecule has 0 radical (unpaired) electrons. The number of aromatic nitrogens is 2. The molecule has 7 heteroatoms. The molecule has 0 aliphatic rings. The molecule has 0 fully saturated rings. The van der Waals surface area contributed by atoms with Gasteiger partial charge in [0.05, 0.1) is 13.2 Å². The maximum absolute atomic E-state index is 13.8. The van der Waals surface area contributed by atoms with Crippen molar-refractivity contribution in [1.29, 1.82) is 0 Å². The lowest BCUT2D eigenvalue weighted by atomic mass is 10.2. The van der Waals surface area contributed by atoms with Gasteiger partial charge in [-0.1, -0.05) is 21.1 Å². The number of benzene rings is 1. The van der Waals surface area contributed by atoms with Gasteiger partial charge in [0.2, 0.25) is 5.89 Å². The Kier molecular flexibility index (Phi) is 5.22. The zero-order valence-corrected chi connectivity index (χ0v) is 12.6. The summed E-state index contributed by atoms with van der Waals surface area (Å²) in [5.74, 6) is 0.724. The fourth-order valence-corrected chi connectivity index (χ4v) is 2.26. The van der Waals surface area contributed by atoms with Crippen LogP contribution in [0.3, 0.4) is 0 Å². The van der Waals surface area contributed by atoms with E-state index in [0.29, 0.717) is 36.9 Å². The maximum atomic E-state index is 13.8. The van der Waals surface area contributed by atoms with Crippen LogP contribution in [-0.2, 0) is 13.1 Å². The SMILES string of the molecule is Cc1noc(CN(CCO)Cc2cc(Br)ccc2F)n1. The first-order chi connectivity index (χ1) is 9.58. The summed E-state index contributed by atoms with van der Waals surface area (Å²) >= 11 is 3.32. The van der Waals surface area contributed by atoms with Crippen LogP contribution in [0.5, 0.6) is 0 Å². The van der Waals surface area contributed by atoms with E-state index in [-0.39, 0.29) is 12.4 Å². The van der Waals surface area contributed by atoms with Gasteiger partial charge in [0.15, 0.2) is 5.82 Å². The molecule has 0 spiro atoms. The van der Waals surface area contributed by atoms with E-state index in [1.807, 2.05) is 4.90 Å². The highest BCUT2D eigenvalue weighted by Gasteiger charge is 2.13. The number of hydrogen-bond donors (Lipinski definition) is 1. The van der Waals surface area contributed by atoms with Crippen LogP contribution in [0.1, 0.15) is 17.3 Å². The molecule has 0 aliphatic carbocycles. The van der Waals surface area contributed by atoms with Crippen LogP contribution in [0, 0.1) is 12.7 Å². The lowest BCUT2D eigenvalue weighted by molar-refractivity contribution is 0.166. The van der Waals surface area contributed by atoms with E-state index in [1.165, 1.54) is 6.07 Å². The minimum absolute atomic E-state index is 0.0251. The predicted molar refractivity (Wildman–Crippen MR) is 74.3 cm³/mol. The third kappa shape index (κ3) is 4.09. The topological polar surface area (TPSA) is 62.4 Å². The van der Waals surface area contributed by atoms with Crippen molar-refractivity contribution in [3.05, 3.63) is 45.8 Å². The highest BCUT2D eigenvalue weighted by atomic mass is 79.9. The largest absolute Gasteiger partial charge is 0.395 e. The van der Waals surface area contributed by atoms with E-state index in [1.54, 1.807) is 19.1 Å². The highest BCUT2D eigenvalue weighted by Crippen LogP contribution is 2.18. The second kappa shape index (κ2) is 6.92. The minimum Gasteiger partial charge on any atom is -0.395 e. The van der Waals surface area contributed by atoms with Gasteiger partial charge in [0.25, 0.3) is 0 Å². The second-order valence-electron chi connectivity index (χ2n) is 4.41. The summed E-state index contributed by atoms with van der Waals surface area (Å²) in [5, 5.41) is 12.8. The molecule has 0 saturated heterocycles. The average Bonchev–Trinajstić information content (AvgIpc) is 2.79. The molecular formula is C13H15BrFN3O2. The Morgan fingerprint density at radius 1 is 1.40 bits per heavy atom. The van der Waals surface area contributed by atoms with Crippen LogP contribution in [0.4, 0.5) is 4.39 Å². The molecule has 108 valence electrons. The molecule has 1 aromatic heterocycles. The van der Waals surface area contributed by atoms with Gasteiger partial charge in [0, 0.05) is 23.1 Å². The molecule has 0 unspecified atom stereocenters. The summed E-state index contributed by atoms with van der Waals surface area (Å²) in [4.78, 5) is 5.96. The molecule has 2 aromatic rings. The van der Waals surface area contributed by atoms with Crippen LogP contribution in [0.15, 0.2) is 27.2 Å². The zero-order chi connectivity index (χ0) is 14.5. The van der Waals surface area contributed by atoms with Gasteiger partial charge in [-0.15, -0.1) is 0 Å². The van der Waals surface area contributed by atoms with Crippen molar-refractivity contribution in [2.24, 2.45) is 0 Å². The Morgan fingerprint density at radius 3 is 2.85 bits per heavy atom. The third-order valence-corrected chi connectivity index (χ3v) is 3.24. The normalized spacial score (nSPS) is 11.2. The molecule has 1 aromatic carbocycles. The first-order valence-corrected chi connectivity index (χ1v) is 6.94. The van der Waals surface area contributed by atoms with E-state index in [9.17, 15) is 4.39 Å². The molecule has 20 heavy (non-hydrogen) atoms. The number of halogens is 2. The summed E-state index contributed by atoms with van der Waals surface area (Å²) in [6.07, 6.45) is 0. The maximum Gasteiger partial charge on any atom is 0.240 e. The van der Waals surface area contributed by atoms with Gasteiger partial charge in [-0.05, 0) is 25.1 Å². The average molecular weight is 344 g/mol. The van der Waals surface area contributed by atoms with Crippen molar-refractivity contribution >= 4 is 15.9 Å². The van der Waals surface area contributed by atoms with Crippen LogP contribution < -0.4 is 0 Å². The van der Waals surface area contributed by atoms with Crippen LogP contribution >= 0.6 is 15.9 Å². The smallest absolute Gasteiger partial charge is 0.240 e. The minimum atomic E-state index is -0.280. The number of nitrogens with zero attached hydrogens (tertiary/aromatic N) is 3. The summed E-state index contributed by atoms with van der Waals surface area (Å²) in [6, 6.07) is 4.78. The molecule has 0 atom stereocenters. The first-order valence-electron chi connectivity index (χ1n) is 6.15. The Labute approximate surface area is 124 Å². The summed E-state index contributed by atoms with van der Waals surface area (Å²) in [5.41, 5.74) is 0.545. The van der Waals surface area contributed by atoms with Crippen LogP contribution in [0.25, 0.3) is 0 Å². The number of aliphatic hydroxyl groups is 1. The van der Waals surface area contributed by atoms with Crippen molar-refractivity contribution in [2.75, 3.05) is 13.2 Å². The van der Waals surface area contributed by atoms with Crippen molar-refractivity contribution in [2.45, 2.75) is 20.0 Å². The number of aliphatic hydroxyl groups excluding tert-OH is 1. The van der Waals surface area contributed by atoms with Crippen molar-refractivity contribution in [3.8, 4) is 0 Å². The summed E-state index contributed by atoms with van der Waals surface area (Å²) < 4.78 is 19.6. The standard InChI is InChI=1S/C13H15BrFN3O2/c1-9-16-13(20-17-9)8-18(4-5-19)7-10-6-11(14)2-3-12(10)15/h2-3,6,19H,4-5,7-8H2,1H3. The van der Waals surface area contributed by atoms with E-state index < -0.39 is 0 Å². The number of rotatable bonds is 6. The van der Waals surface area contributed by atoms with Gasteiger partial charge >= 0.3 is 0 Å². The van der Waals surface area contributed by atoms with Gasteiger partial charge in [-0.25, -0.2) is 4.39 Å². The van der Waals surface area contributed by atoms with Gasteiger partial charge in [-0.3, -0.25) is 4.90 Å². The monoisotopic (exact) mass is 343 g/mol. The van der Waals surface area contributed by atoms with E-state index in [0.717, 1.165) is 4.47 Å². The Hall–Kier alpha value is -1.31. The Morgan fingerprint density at radius 2 is 2.20 bits per heavy atom. The lowest BCUT2D eigenvalue weighted by Gasteiger charge is -2.19. The Balaban J connectivity index is 2.10. The van der Waals surface area contributed by atoms with E-state index in [2.05, 4.69) is 26.1 Å². The van der Waals surface area contributed by atoms with Gasteiger partial charge < -0.3 is 9.63 Å². The molecule has 0 saturated carbocycles. The summed E-state index contributed by atoms with van der Waals surface area (Å²) in [7, 11) is 0. The van der Waals surface area contributed by atoms with Crippen LogP contribution in [-0.4, -0.2) is 33.3 Å². The molecule has 2 rings (SSSR count). The zero-order valence-electron chi connectivity index (χ0n) is 11.0. The van der Waals surface area contributed by atoms with Gasteiger partial charge in [-0.2, -0.15) is 4.98 Å². The van der Waals surface area contributed by atoms with Gasteiger partial charge in [0.1, 0.15) is 5.82 Å². The second-order valence-corrected chi connectivity index (χ2v) is 5.32. The fraction of sp³-hybridized carbons (Fsp3) is 0.385. The summed E-state index contributed by atoms with van der Waals surface area (Å²) in [6.45, 7) is 2.83. The molecule has 5 nitrogen and oxygen atoms in total.